The van der Waals surface area contributed by atoms with Crippen molar-refractivity contribution in [3.8, 4) is 0 Å². The second-order valence-electron chi connectivity index (χ2n) is 6.15. The standard InChI is InChI=1S/C15H21N5O2/c1-8(2)14-18-17-12-6-5-11(7-20(12)14)16-15(21)13-9(3)19-22-10(13)4/h8,11H,5-7H2,1-4H3,(H,16,21). The third kappa shape index (κ3) is 2.51. The average molecular weight is 303 g/mol. The van der Waals surface area contributed by atoms with E-state index in [1.807, 2.05) is 0 Å². The van der Waals surface area contributed by atoms with Gasteiger partial charge in [0.05, 0.1) is 5.69 Å². The smallest absolute Gasteiger partial charge is 0.257 e. The fraction of sp³-hybridized carbons (Fsp3) is 0.600. The van der Waals surface area contributed by atoms with Crippen molar-refractivity contribution >= 4 is 5.91 Å². The van der Waals surface area contributed by atoms with Crippen LogP contribution in [0.3, 0.4) is 0 Å². The predicted molar refractivity (Wildman–Crippen MR) is 79.7 cm³/mol. The number of amides is 1. The summed E-state index contributed by atoms with van der Waals surface area (Å²) in [6.07, 6.45) is 1.69. The zero-order valence-corrected chi connectivity index (χ0v) is 13.4. The van der Waals surface area contributed by atoms with Crippen molar-refractivity contribution < 1.29 is 9.32 Å². The highest BCUT2D eigenvalue weighted by atomic mass is 16.5. The minimum atomic E-state index is -0.121. The molecule has 1 amide bonds. The minimum absolute atomic E-state index is 0.0715. The molecule has 22 heavy (non-hydrogen) atoms. The van der Waals surface area contributed by atoms with Gasteiger partial charge in [-0.25, -0.2) is 0 Å². The highest BCUT2D eigenvalue weighted by Crippen LogP contribution is 2.21. The molecule has 1 N–H and O–H groups in total. The molecule has 7 heteroatoms. The normalized spacial score (nSPS) is 17.6. The molecule has 118 valence electrons. The number of aromatic nitrogens is 4. The first-order valence-corrected chi connectivity index (χ1v) is 7.63. The summed E-state index contributed by atoms with van der Waals surface area (Å²) in [4.78, 5) is 12.4. The number of carbonyl (C=O) groups is 1. The molecule has 1 aliphatic heterocycles. The van der Waals surface area contributed by atoms with E-state index in [4.69, 9.17) is 4.52 Å². The first kappa shape index (κ1) is 14.7. The number of rotatable bonds is 3. The van der Waals surface area contributed by atoms with Gasteiger partial charge in [0.2, 0.25) is 0 Å². The Labute approximate surface area is 129 Å². The maximum Gasteiger partial charge on any atom is 0.257 e. The molecule has 2 aromatic heterocycles. The lowest BCUT2D eigenvalue weighted by Gasteiger charge is -2.25. The molecule has 0 saturated heterocycles. The summed E-state index contributed by atoms with van der Waals surface area (Å²) in [6.45, 7) is 8.45. The molecule has 0 spiro atoms. The Bertz CT molecular complexity index is 681. The molecule has 0 aliphatic carbocycles. The third-order valence-electron chi connectivity index (χ3n) is 4.09. The van der Waals surface area contributed by atoms with Crippen LogP contribution < -0.4 is 5.32 Å². The van der Waals surface area contributed by atoms with E-state index in [0.717, 1.165) is 24.5 Å². The van der Waals surface area contributed by atoms with Gasteiger partial charge in [0, 0.05) is 24.9 Å². The van der Waals surface area contributed by atoms with Gasteiger partial charge in [0.15, 0.2) is 0 Å². The zero-order valence-electron chi connectivity index (χ0n) is 13.4. The first-order valence-electron chi connectivity index (χ1n) is 7.63. The van der Waals surface area contributed by atoms with Gasteiger partial charge in [-0.1, -0.05) is 19.0 Å². The van der Waals surface area contributed by atoms with Crippen molar-refractivity contribution in [2.45, 2.75) is 59.0 Å². The summed E-state index contributed by atoms with van der Waals surface area (Å²) < 4.78 is 7.20. The Morgan fingerprint density at radius 3 is 2.77 bits per heavy atom. The van der Waals surface area contributed by atoms with E-state index in [1.54, 1.807) is 13.8 Å². The van der Waals surface area contributed by atoms with Crippen LogP contribution in [0.4, 0.5) is 0 Å². The van der Waals surface area contributed by atoms with Crippen LogP contribution in [0.2, 0.25) is 0 Å². The number of aryl methyl sites for hydroxylation is 3. The van der Waals surface area contributed by atoms with Gasteiger partial charge >= 0.3 is 0 Å². The quantitative estimate of drug-likeness (QED) is 0.933. The molecule has 3 rings (SSSR count). The second kappa shape index (κ2) is 5.55. The molecule has 1 atom stereocenters. The topological polar surface area (TPSA) is 85.8 Å². The van der Waals surface area contributed by atoms with Gasteiger partial charge in [-0.3, -0.25) is 4.79 Å². The molecular weight excluding hydrogens is 282 g/mol. The summed E-state index contributed by atoms with van der Waals surface area (Å²) in [7, 11) is 0. The van der Waals surface area contributed by atoms with Crippen LogP contribution in [0.15, 0.2) is 4.52 Å². The SMILES string of the molecule is Cc1noc(C)c1C(=O)NC1CCc2nnc(C(C)C)n2C1. The summed E-state index contributed by atoms with van der Waals surface area (Å²) in [5.74, 6) is 2.73. The molecule has 0 bridgehead atoms. The fourth-order valence-corrected chi connectivity index (χ4v) is 2.96. The molecule has 7 nitrogen and oxygen atoms in total. The number of hydrogen-bond acceptors (Lipinski definition) is 5. The number of nitrogens with zero attached hydrogens (tertiary/aromatic N) is 4. The molecule has 0 radical (unpaired) electrons. The summed E-state index contributed by atoms with van der Waals surface area (Å²) >= 11 is 0. The van der Waals surface area contributed by atoms with Crippen molar-refractivity contribution in [1.29, 1.82) is 0 Å². The van der Waals surface area contributed by atoms with Crippen molar-refractivity contribution in [2.24, 2.45) is 0 Å². The largest absolute Gasteiger partial charge is 0.361 e. The van der Waals surface area contributed by atoms with E-state index in [9.17, 15) is 4.79 Å². The maximum absolute atomic E-state index is 12.4. The fourth-order valence-electron chi connectivity index (χ4n) is 2.96. The van der Waals surface area contributed by atoms with Gasteiger partial charge in [0.1, 0.15) is 23.0 Å². The van der Waals surface area contributed by atoms with E-state index < -0.39 is 0 Å². The minimum Gasteiger partial charge on any atom is -0.361 e. The van der Waals surface area contributed by atoms with Gasteiger partial charge < -0.3 is 14.4 Å². The molecule has 2 aromatic rings. The molecule has 3 heterocycles. The van der Waals surface area contributed by atoms with Gasteiger partial charge in [0.25, 0.3) is 5.91 Å². The van der Waals surface area contributed by atoms with E-state index in [-0.39, 0.29) is 11.9 Å². The van der Waals surface area contributed by atoms with Crippen LogP contribution >= 0.6 is 0 Å². The van der Waals surface area contributed by atoms with Crippen LogP contribution in [0.5, 0.6) is 0 Å². The second-order valence-corrected chi connectivity index (χ2v) is 6.15. The molecule has 1 unspecified atom stereocenters. The van der Waals surface area contributed by atoms with E-state index >= 15 is 0 Å². The lowest BCUT2D eigenvalue weighted by atomic mass is 10.1. The van der Waals surface area contributed by atoms with Gasteiger partial charge in [-0.15, -0.1) is 10.2 Å². The monoisotopic (exact) mass is 303 g/mol. The lowest BCUT2D eigenvalue weighted by Crippen LogP contribution is -2.41. The lowest BCUT2D eigenvalue weighted by molar-refractivity contribution is 0.0925. The molecule has 0 fully saturated rings. The number of carbonyl (C=O) groups excluding carboxylic acids is 1. The van der Waals surface area contributed by atoms with Gasteiger partial charge in [-0.2, -0.15) is 0 Å². The Morgan fingerprint density at radius 2 is 2.14 bits per heavy atom. The summed E-state index contributed by atoms with van der Waals surface area (Å²) in [5, 5.41) is 15.4. The van der Waals surface area contributed by atoms with Gasteiger partial charge in [-0.05, 0) is 20.3 Å². The van der Waals surface area contributed by atoms with Crippen LogP contribution in [-0.2, 0) is 13.0 Å². The molecule has 1 aliphatic rings. The Morgan fingerprint density at radius 1 is 1.36 bits per heavy atom. The van der Waals surface area contributed by atoms with E-state index in [0.29, 0.717) is 29.5 Å². The third-order valence-corrected chi connectivity index (χ3v) is 4.09. The molecule has 0 saturated carbocycles. The Kier molecular flexibility index (Phi) is 3.72. The van der Waals surface area contributed by atoms with E-state index in [1.165, 1.54) is 0 Å². The zero-order chi connectivity index (χ0) is 15.9. The highest BCUT2D eigenvalue weighted by Gasteiger charge is 2.27. The predicted octanol–water partition coefficient (Wildman–Crippen LogP) is 1.75. The van der Waals surface area contributed by atoms with E-state index in [2.05, 4.69) is 39.1 Å². The molecular formula is C15H21N5O2. The van der Waals surface area contributed by atoms with Crippen molar-refractivity contribution in [1.82, 2.24) is 25.2 Å². The highest BCUT2D eigenvalue weighted by molar-refractivity contribution is 5.96. The van der Waals surface area contributed by atoms with Crippen LogP contribution in [0.1, 0.15) is 59.6 Å². The number of nitrogens with one attached hydrogen (secondary N) is 1. The molecule has 0 aromatic carbocycles. The van der Waals surface area contributed by atoms with Crippen LogP contribution in [-0.4, -0.2) is 31.9 Å². The van der Waals surface area contributed by atoms with Crippen LogP contribution in [0.25, 0.3) is 0 Å². The maximum atomic E-state index is 12.4. The van der Waals surface area contributed by atoms with Crippen molar-refractivity contribution in [2.75, 3.05) is 0 Å². The van der Waals surface area contributed by atoms with Crippen molar-refractivity contribution in [3.63, 3.8) is 0 Å². The Balaban J connectivity index is 1.75. The Hall–Kier alpha value is -2.18. The average Bonchev–Trinajstić information content (AvgIpc) is 3.02. The number of hydrogen-bond donors (Lipinski definition) is 1. The van der Waals surface area contributed by atoms with Crippen molar-refractivity contribution in [3.05, 3.63) is 28.7 Å². The summed E-state index contributed by atoms with van der Waals surface area (Å²) in [5.41, 5.74) is 1.16. The summed E-state index contributed by atoms with van der Waals surface area (Å²) in [6, 6.07) is 0.0715. The van der Waals surface area contributed by atoms with Crippen LogP contribution in [0, 0.1) is 13.8 Å². The number of fused-ring (bicyclic) bond motifs is 1. The first-order chi connectivity index (χ1) is 10.5.